The molecule has 0 atom stereocenters. The van der Waals surface area contributed by atoms with E-state index in [1.165, 1.54) is 93.9 Å². The van der Waals surface area contributed by atoms with Crippen molar-refractivity contribution in [3.8, 4) is 33.4 Å². The first-order valence-electron chi connectivity index (χ1n) is 15.9. The summed E-state index contributed by atoms with van der Waals surface area (Å²) in [7, 11) is 0. The minimum absolute atomic E-state index is 0.0710. The summed E-state index contributed by atoms with van der Waals surface area (Å²) in [5.74, 6) is 0. The van der Waals surface area contributed by atoms with Gasteiger partial charge < -0.3 is 0 Å². The minimum Gasteiger partial charge on any atom is -0.0616 e. The molecule has 0 heterocycles. The highest BCUT2D eigenvalue weighted by molar-refractivity contribution is 6.03. The summed E-state index contributed by atoms with van der Waals surface area (Å²) in [5.41, 5.74) is 20.3. The summed E-state index contributed by atoms with van der Waals surface area (Å²) < 4.78 is 0. The molecule has 0 nitrogen and oxygen atoms in total. The van der Waals surface area contributed by atoms with Gasteiger partial charge in [0.25, 0.3) is 0 Å². The Kier molecular flexibility index (Phi) is 4.52. The number of aryl methyl sites for hydroxylation is 1. The zero-order valence-corrected chi connectivity index (χ0v) is 26.6. The standard InChI is InChI=1S/C43H38/c1-23-21-31-32-22-33-35(30-20-18-25-13-9-11-15-27(25)37(30)41(33,3)4)24(2)36(32)42(5,6)39(31)40-34(23)29-19-17-26-14-10-12-16-28(26)38(29)43(40,7)8/h9-22H,1-8H3. The molecular weight excluding hydrogens is 516 g/mol. The highest BCUT2D eigenvalue weighted by Gasteiger charge is 2.49. The molecule has 0 N–H and O–H groups in total. The van der Waals surface area contributed by atoms with Gasteiger partial charge in [-0.05, 0) is 119 Å². The number of benzene rings is 6. The van der Waals surface area contributed by atoms with Crippen LogP contribution < -0.4 is 0 Å². The van der Waals surface area contributed by atoms with Gasteiger partial charge in [0.15, 0.2) is 0 Å². The molecule has 0 bridgehead atoms. The van der Waals surface area contributed by atoms with E-state index in [2.05, 4.69) is 140 Å². The Bertz CT molecular complexity index is 2270. The van der Waals surface area contributed by atoms with E-state index in [0.29, 0.717) is 0 Å². The second kappa shape index (κ2) is 7.67. The van der Waals surface area contributed by atoms with Crippen LogP contribution in [0.15, 0.2) is 84.9 Å². The van der Waals surface area contributed by atoms with Gasteiger partial charge in [-0.15, -0.1) is 0 Å². The van der Waals surface area contributed by atoms with Gasteiger partial charge in [-0.1, -0.05) is 120 Å². The van der Waals surface area contributed by atoms with Gasteiger partial charge in [-0.2, -0.15) is 0 Å². The molecular formula is C43H38. The molecule has 0 saturated carbocycles. The van der Waals surface area contributed by atoms with Gasteiger partial charge in [0.2, 0.25) is 0 Å². The van der Waals surface area contributed by atoms with Crippen LogP contribution in [0.5, 0.6) is 0 Å². The SMILES string of the molecule is Cc1cc2c(c3c1-c1ccc4ccccc4c1C3(C)C)C(C)(C)c1c-2cc2c(c1C)-c1ccc3ccccc3c1C2(C)C. The zero-order chi connectivity index (χ0) is 29.8. The van der Waals surface area contributed by atoms with Crippen LogP contribution in [0, 0.1) is 13.8 Å². The van der Waals surface area contributed by atoms with Crippen LogP contribution >= 0.6 is 0 Å². The summed E-state index contributed by atoms with van der Waals surface area (Å²) >= 11 is 0. The van der Waals surface area contributed by atoms with E-state index >= 15 is 0 Å². The highest BCUT2D eigenvalue weighted by Crippen LogP contribution is 2.64. The smallest absolute Gasteiger partial charge is 0.0168 e. The molecule has 0 saturated heterocycles. The molecule has 6 aromatic carbocycles. The van der Waals surface area contributed by atoms with Crippen LogP contribution in [0.2, 0.25) is 0 Å². The van der Waals surface area contributed by atoms with Gasteiger partial charge in [0.05, 0.1) is 0 Å². The quantitative estimate of drug-likeness (QED) is 0.175. The summed E-state index contributed by atoms with van der Waals surface area (Å²) in [5, 5.41) is 5.45. The van der Waals surface area contributed by atoms with E-state index < -0.39 is 0 Å². The van der Waals surface area contributed by atoms with E-state index in [0.717, 1.165) is 0 Å². The van der Waals surface area contributed by atoms with E-state index in [9.17, 15) is 0 Å². The maximum atomic E-state index is 2.59. The molecule has 6 aromatic rings. The first-order valence-corrected chi connectivity index (χ1v) is 15.9. The lowest BCUT2D eigenvalue weighted by atomic mass is 9.70. The third-order valence-electron chi connectivity index (χ3n) is 11.6. The number of fused-ring (bicyclic) bond motifs is 14. The fourth-order valence-corrected chi connectivity index (χ4v) is 10.0. The molecule has 0 amide bonds. The molecule has 0 spiro atoms. The lowest BCUT2D eigenvalue weighted by Crippen LogP contribution is -2.25. The van der Waals surface area contributed by atoms with Crippen molar-refractivity contribution in [1.29, 1.82) is 0 Å². The normalized spacial score (nSPS) is 17.4. The summed E-state index contributed by atoms with van der Waals surface area (Å²) in [4.78, 5) is 0. The second-order valence-corrected chi connectivity index (χ2v) is 15.0. The average molecular weight is 555 g/mol. The maximum Gasteiger partial charge on any atom is 0.0168 e. The summed E-state index contributed by atoms with van der Waals surface area (Å²) in [6, 6.07) is 32.4. The predicted octanol–water partition coefficient (Wildman–Crippen LogP) is 11.5. The first-order chi connectivity index (χ1) is 20.5. The summed E-state index contributed by atoms with van der Waals surface area (Å²) in [6.45, 7) is 19.6. The molecule has 0 aromatic heterocycles. The molecule has 43 heavy (non-hydrogen) atoms. The molecule has 0 fully saturated rings. The zero-order valence-electron chi connectivity index (χ0n) is 26.6. The van der Waals surface area contributed by atoms with Crippen LogP contribution in [0.1, 0.15) is 86.1 Å². The van der Waals surface area contributed by atoms with Crippen molar-refractivity contribution in [3.63, 3.8) is 0 Å². The Morgan fingerprint density at radius 2 is 0.930 bits per heavy atom. The van der Waals surface area contributed by atoms with Gasteiger partial charge in [0, 0.05) is 16.2 Å². The molecule has 0 radical (unpaired) electrons. The fraction of sp³-hybridized carbons (Fsp3) is 0.256. The number of hydrogen-bond acceptors (Lipinski definition) is 0. The Hall–Kier alpha value is -4.16. The van der Waals surface area contributed by atoms with Gasteiger partial charge in [-0.3, -0.25) is 0 Å². The van der Waals surface area contributed by atoms with E-state index in [1.54, 1.807) is 5.56 Å². The Balaban J connectivity index is 1.36. The molecule has 9 rings (SSSR count). The molecule has 3 aliphatic carbocycles. The first kappa shape index (κ1) is 25.3. The van der Waals surface area contributed by atoms with Crippen molar-refractivity contribution < 1.29 is 0 Å². The van der Waals surface area contributed by atoms with E-state index in [1.807, 2.05) is 0 Å². The van der Waals surface area contributed by atoms with Gasteiger partial charge in [0.1, 0.15) is 0 Å². The van der Waals surface area contributed by atoms with Crippen molar-refractivity contribution in [1.82, 2.24) is 0 Å². The lowest BCUT2D eigenvalue weighted by molar-refractivity contribution is 0.601. The van der Waals surface area contributed by atoms with Crippen LogP contribution in [0.25, 0.3) is 54.9 Å². The maximum absolute atomic E-state index is 2.59. The highest BCUT2D eigenvalue weighted by atomic mass is 14.5. The van der Waals surface area contributed by atoms with Crippen LogP contribution in [0.3, 0.4) is 0 Å². The Morgan fingerprint density at radius 1 is 0.419 bits per heavy atom. The molecule has 0 heteroatoms. The topological polar surface area (TPSA) is 0 Å². The fourth-order valence-electron chi connectivity index (χ4n) is 10.0. The van der Waals surface area contributed by atoms with Crippen molar-refractivity contribution >= 4 is 21.5 Å². The molecule has 210 valence electrons. The Labute approximate surface area is 255 Å². The van der Waals surface area contributed by atoms with Crippen LogP contribution in [-0.4, -0.2) is 0 Å². The lowest BCUT2D eigenvalue weighted by Gasteiger charge is -2.32. The van der Waals surface area contributed by atoms with E-state index in [-0.39, 0.29) is 16.2 Å². The minimum atomic E-state index is -0.111. The van der Waals surface area contributed by atoms with Crippen molar-refractivity contribution in [3.05, 3.63) is 129 Å². The van der Waals surface area contributed by atoms with Gasteiger partial charge in [-0.25, -0.2) is 0 Å². The third kappa shape index (κ3) is 2.80. The average Bonchev–Trinajstić information content (AvgIpc) is 3.46. The molecule has 0 unspecified atom stereocenters. The molecule has 0 aliphatic heterocycles. The second-order valence-electron chi connectivity index (χ2n) is 15.0. The third-order valence-corrected chi connectivity index (χ3v) is 11.6. The number of rotatable bonds is 0. The van der Waals surface area contributed by atoms with Crippen LogP contribution in [0.4, 0.5) is 0 Å². The Morgan fingerprint density at radius 3 is 1.56 bits per heavy atom. The van der Waals surface area contributed by atoms with Crippen LogP contribution in [-0.2, 0) is 16.2 Å². The monoisotopic (exact) mass is 554 g/mol. The molecule has 3 aliphatic rings. The van der Waals surface area contributed by atoms with Crippen molar-refractivity contribution in [2.45, 2.75) is 71.6 Å². The predicted molar refractivity (Wildman–Crippen MR) is 184 cm³/mol. The van der Waals surface area contributed by atoms with E-state index in [4.69, 9.17) is 0 Å². The summed E-state index contributed by atoms with van der Waals surface area (Å²) in [6.07, 6.45) is 0. The number of hydrogen-bond donors (Lipinski definition) is 0. The van der Waals surface area contributed by atoms with Gasteiger partial charge >= 0.3 is 0 Å². The van der Waals surface area contributed by atoms with Crippen molar-refractivity contribution in [2.24, 2.45) is 0 Å². The largest absolute Gasteiger partial charge is 0.0616 e. The van der Waals surface area contributed by atoms with Crippen molar-refractivity contribution in [2.75, 3.05) is 0 Å².